The van der Waals surface area contributed by atoms with Gasteiger partial charge in [0.15, 0.2) is 5.16 Å². The highest BCUT2D eigenvalue weighted by molar-refractivity contribution is 7.25. The molecule has 3 aromatic rings. The van der Waals surface area contributed by atoms with E-state index in [4.69, 9.17) is 5.73 Å². The molecule has 4 nitrogen and oxygen atoms in total. The summed E-state index contributed by atoms with van der Waals surface area (Å²) in [5.41, 5.74) is 9.74. The number of benzene rings is 2. The Labute approximate surface area is 171 Å². The Bertz CT molecular complexity index is 965. The monoisotopic (exact) mass is 411 g/mol. The van der Waals surface area contributed by atoms with Gasteiger partial charge in [0, 0.05) is 16.0 Å². The van der Waals surface area contributed by atoms with Crippen molar-refractivity contribution < 1.29 is 9.36 Å². The van der Waals surface area contributed by atoms with E-state index in [1.807, 2.05) is 55.6 Å². The summed E-state index contributed by atoms with van der Waals surface area (Å²) in [5.74, 6) is -0.218. The van der Waals surface area contributed by atoms with Crippen LogP contribution in [0.1, 0.15) is 42.6 Å². The molecule has 1 unspecified atom stereocenters. The third-order valence-corrected chi connectivity index (χ3v) is 7.51. The fraction of sp³-hybridized carbons (Fsp3) is 0.227. The highest BCUT2D eigenvalue weighted by Gasteiger charge is 2.37. The minimum absolute atomic E-state index is 0.218. The number of hydrogen-bond acceptors (Lipinski definition) is 4. The Morgan fingerprint density at radius 2 is 1.82 bits per heavy atom. The van der Waals surface area contributed by atoms with Crippen molar-refractivity contribution in [2.24, 2.45) is 0 Å². The lowest BCUT2D eigenvalue weighted by atomic mass is 9.92. The molecule has 1 amide bonds. The van der Waals surface area contributed by atoms with Crippen molar-refractivity contribution in [2.75, 3.05) is 11.1 Å². The second-order valence-electron chi connectivity index (χ2n) is 6.70. The van der Waals surface area contributed by atoms with Gasteiger partial charge in [0.25, 0.3) is 5.91 Å². The summed E-state index contributed by atoms with van der Waals surface area (Å²) in [6.45, 7) is 4.08. The van der Waals surface area contributed by atoms with Crippen LogP contribution in [-0.2, 0) is 9.72 Å². The van der Waals surface area contributed by atoms with Gasteiger partial charge in [0.05, 0.1) is 11.4 Å². The number of carbonyl (C=O) groups excluding carboxylic acids is 1. The predicted molar refractivity (Wildman–Crippen MR) is 120 cm³/mol. The summed E-state index contributed by atoms with van der Waals surface area (Å²) < 4.78 is 11.8. The quantitative estimate of drug-likeness (QED) is 0.354. The Hall–Kier alpha value is -2.49. The third-order valence-electron chi connectivity index (χ3n) is 5.21. The Balaban J connectivity index is 1.82. The fourth-order valence-electron chi connectivity index (χ4n) is 3.26. The van der Waals surface area contributed by atoms with Gasteiger partial charge in [0.2, 0.25) is 0 Å². The van der Waals surface area contributed by atoms with Crippen LogP contribution in [-0.4, -0.2) is 5.91 Å². The third kappa shape index (κ3) is 4.01. The van der Waals surface area contributed by atoms with Crippen LogP contribution in [0.5, 0.6) is 0 Å². The van der Waals surface area contributed by atoms with Gasteiger partial charge in [-0.2, -0.15) is 0 Å². The minimum Gasteiger partial charge on any atom is -0.397 e. The minimum atomic E-state index is -0.415. The molecule has 0 aliphatic carbocycles. The second kappa shape index (κ2) is 8.68. The largest absolute Gasteiger partial charge is 0.397 e. The molecule has 28 heavy (non-hydrogen) atoms. The molecule has 0 spiro atoms. The van der Waals surface area contributed by atoms with Gasteiger partial charge < -0.3 is 11.1 Å². The van der Waals surface area contributed by atoms with Crippen LogP contribution in [0.15, 0.2) is 60.0 Å². The van der Waals surface area contributed by atoms with E-state index in [2.05, 4.69) is 5.32 Å². The molecule has 0 saturated carbocycles. The van der Waals surface area contributed by atoms with Crippen LogP contribution >= 0.6 is 19.8 Å². The summed E-state index contributed by atoms with van der Waals surface area (Å²) in [4.78, 5) is 13.8. The summed E-state index contributed by atoms with van der Waals surface area (Å²) in [7, 11) is -0.415. The number of carbonyl (C=O) groups is 1. The lowest BCUT2D eigenvalue weighted by Crippen LogP contribution is -2.17. The molecule has 0 aliphatic heterocycles. The fourth-order valence-corrected chi connectivity index (χ4v) is 4.55. The standard InChI is InChI=1S/C22H23N2O2PS/c1-3-22(4-2,27-26)17-10-7-15(8-11-17)21(25)24-19-14-16(9-12-18(19)23)20-6-5-13-28-20/h5-14H,3-4,23H2,1-2H3,(H,24,25)/p+1. The number of anilines is 2. The van der Waals surface area contributed by atoms with Gasteiger partial charge >= 0.3 is 8.46 Å². The lowest BCUT2D eigenvalue weighted by molar-refractivity contribution is 0.102. The molecule has 1 aromatic heterocycles. The maximum Gasteiger partial charge on any atom is 0.335 e. The van der Waals surface area contributed by atoms with E-state index >= 15 is 0 Å². The molecule has 2 aromatic carbocycles. The topological polar surface area (TPSA) is 72.2 Å². The summed E-state index contributed by atoms with van der Waals surface area (Å²) in [6, 6.07) is 17.0. The van der Waals surface area contributed by atoms with E-state index in [-0.39, 0.29) is 11.1 Å². The number of nitrogens with one attached hydrogen (secondary N) is 1. The van der Waals surface area contributed by atoms with Crippen LogP contribution in [0.2, 0.25) is 0 Å². The number of nitrogens with two attached hydrogens (primary N) is 1. The Morgan fingerprint density at radius 1 is 1.11 bits per heavy atom. The highest BCUT2D eigenvalue weighted by atomic mass is 32.1. The van der Waals surface area contributed by atoms with Crippen molar-refractivity contribution in [1.29, 1.82) is 0 Å². The molecule has 6 heteroatoms. The predicted octanol–water partition coefficient (Wildman–Crippen LogP) is 6.29. The first-order valence-corrected chi connectivity index (χ1v) is 11.1. The van der Waals surface area contributed by atoms with Crippen molar-refractivity contribution in [3.05, 3.63) is 71.1 Å². The molecular formula is C22H24N2O2PS+. The molecule has 1 heterocycles. The molecular weight excluding hydrogens is 387 g/mol. The van der Waals surface area contributed by atoms with E-state index in [1.54, 1.807) is 29.5 Å². The van der Waals surface area contributed by atoms with E-state index in [0.717, 1.165) is 28.8 Å². The molecule has 0 aliphatic rings. The maximum atomic E-state index is 12.7. The van der Waals surface area contributed by atoms with Gasteiger partial charge in [0.1, 0.15) is 0 Å². The number of nitrogen functional groups attached to an aromatic ring is 1. The van der Waals surface area contributed by atoms with Gasteiger partial charge in [-0.25, -0.2) is 0 Å². The molecule has 1 atom stereocenters. The summed E-state index contributed by atoms with van der Waals surface area (Å²) >= 11 is 1.64. The van der Waals surface area contributed by atoms with Gasteiger partial charge in [-0.05, 0) is 54.1 Å². The molecule has 0 fully saturated rings. The van der Waals surface area contributed by atoms with Gasteiger partial charge in [-0.1, -0.05) is 42.7 Å². The van der Waals surface area contributed by atoms with E-state index in [9.17, 15) is 9.36 Å². The van der Waals surface area contributed by atoms with E-state index in [0.29, 0.717) is 16.9 Å². The first kappa shape index (κ1) is 20.2. The Morgan fingerprint density at radius 3 is 2.39 bits per heavy atom. The van der Waals surface area contributed by atoms with Crippen LogP contribution in [0, 0.1) is 0 Å². The Kier molecular flexibility index (Phi) is 6.28. The van der Waals surface area contributed by atoms with Gasteiger partial charge in [-0.15, -0.1) is 11.3 Å². The van der Waals surface area contributed by atoms with Crippen LogP contribution in [0.4, 0.5) is 11.4 Å². The number of hydrogen-bond donors (Lipinski definition) is 2. The average molecular weight is 411 g/mol. The molecule has 0 radical (unpaired) electrons. The zero-order valence-corrected chi connectivity index (χ0v) is 17.8. The van der Waals surface area contributed by atoms with Crippen LogP contribution in [0.25, 0.3) is 10.4 Å². The lowest BCUT2D eigenvalue weighted by Gasteiger charge is -2.18. The van der Waals surface area contributed by atoms with Gasteiger partial charge in [-0.3, -0.25) is 4.79 Å². The van der Waals surface area contributed by atoms with Crippen molar-refractivity contribution in [3.63, 3.8) is 0 Å². The second-order valence-corrected chi connectivity index (χ2v) is 8.81. The normalized spacial score (nSPS) is 11.5. The molecule has 144 valence electrons. The van der Waals surface area contributed by atoms with Crippen molar-refractivity contribution in [1.82, 2.24) is 0 Å². The van der Waals surface area contributed by atoms with Crippen LogP contribution < -0.4 is 11.1 Å². The molecule has 0 bridgehead atoms. The molecule has 0 saturated heterocycles. The molecule has 3 N–H and O–H groups in total. The number of amides is 1. The first-order valence-electron chi connectivity index (χ1n) is 9.27. The first-order chi connectivity index (χ1) is 13.5. The van der Waals surface area contributed by atoms with Crippen molar-refractivity contribution in [3.8, 4) is 10.4 Å². The zero-order chi connectivity index (χ0) is 20.1. The summed E-state index contributed by atoms with van der Waals surface area (Å²) in [6.07, 6.45) is 1.59. The SMILES string of the molecule is CCC(CC)([PH+]=O)c1ccc(C(=O)Nc2cc(-c3cccs3)ccc2N)cc1. The number of thiophene rings is 1. The van der Waals surface area contributed by atoms with Crippen LogP contribution in [0.3, 0.4) is 0 Å². The summed E-state index contributed by atoms with van der Waals surface area (Å²) in [5, 5.41) is 4.59. The van der Waals surface area contributed by atoms with Crippen molar-refractivity contribution >= 4 is 37.1 Å². The maximum absolute atomic E-state index is 12.7. The molecule has 3 rings (SSSR count). The van der Waals surface area contributed by atoms with E-state index < -0.39 is 8.46 Å². The van der Waals surface area contributed by atoms with Crippen molar-refractivity contribution in [2.45, 2.75) is 31.8 Å². The van der Waals surface area contributed by atoms with E-state index in [1.165, 1.54) is 0 Å². The smallest absolute Gasteiger partial charge is 0.335 e. The highest BCUT2D eigenvalue weighted by Crippen LogP contribution is 2.41. The average Bonchev–Trinajstić information content (AvgIpc) is 3.27. The number of rotatable bonds is 7. The zero-order valence-electron chi connectivity index (χ0n) is 16.0.